The van der Waals surface area contributed by atoms with E-state index in [1.807, 2.05) is 67.7 Å². The summed E-state index contributed by atoms with van der Waals surface area (Å²) in [4.78, 5) is 18.8. The highest BCUT2D eigenvalue weighted by molar-refractivity contribution is 9.10. The van der Waals surface area contributed by atoms with Crippen molar-refractivity contribution >= 4 is 21.8 Å². The maximum atomic E-state index is 13.0. The van der Waals surface area contributed by atoms with Crippen LogP contribution in [0.1, 0.15) is 27.5 Å². The normalized spacial score (nSPS) is 10.6. The van der Waals surface area contributed by atoms with E-state index in [9.17, 15) is 4.79 Å². The lowest BCUT2D eigenvalue weighted by Gasteiger charge is -2.29. The highest BCUT2D eigenvalue weighted by Crippen LogP contribution is 2.28. The molecule has 4 heteroatoms. The van der Waals surface area contributed by atoms with Gasteiger partial charge >= 0.3 is 0 Å². The van der Waals surface area contributed by atoms with Gasteiger partial charge in [-0.2, -0.15) is 0 Å². The van der Waals surface area contributed by atoms with E-state index in [2.05, 4.69) is 20.9 Å². The largest absolute Gasteiger partial charge is 0.331 e. The smallest absolute Gasteiger partial charge is 0.255 e. The lowest BCUT2D eigenvalue weighted by Crippen LogP contribution is -2.32. The minimum atomic E-state index is -0.154. The van der Waals surface area contributed by atoms with Crippen molar-refractivity contribution in [1.29, 1.82) is 0 Å². The number of halogens is 1. The second kappa shape index (κ2) is 7.41. The van der Waals surface area contributed by atoms with Crippen molar-refractivity contribution in [3.05, 3.63) is 100 Å². The van der Waals surface area contributed by atoms with Crippen LogP contribution < -0.4 is 0 Å². The van der Waals surface area contributed by atoms with Crippen molar-refractivity contribution in [3.63, 3.8) is 0 Å². The van der Waals surface area contributed by atoms with Crippen LogP contribution in [-0.4, -0.2) is 22.8 Å². The summed E-state index contributed by atoms with van der Waals surface area (Å²) in [5, 5.41) is 0. The van der Waals surface area contributed by atoms with E-state index in [-0.39, 0.29) is 11.9 Å². The molecule has 3 aromatic rings. The number of carbonyl (C=O) groups excluding carboxylic acids is 1. The standard InChI is InChI=1S/C20H17BrN2O/c1-23(20(24)17-12-18(21)14-22-13-17)19(15-8-4-2-5-9-15)16-10-6-3-7-11-16/h2-14,19H,1H3. The molecule has 24 heavy (non-hydrogen) atoms. The molecule has 0 radical (unpaired) electrons. The Morgan fingerprint density at radius 3 is 2.00 bits per heavy atom. The number of amides is 1. The van der Waals surface area contributed by atoms with Crippen LogP contribution in [0.2, 0.25) is 0 Å². The number of pyridine rings is 1. The molecule has 0 atom stereocenters. The fraction of sp³-hybridized carbons (Fsp3) is 0.100. The minimum Gasteiger partial charge on any atom is -0.331 e. The number of carbonyl (C=O) groups is 1. The van der Waals surface area contributed by atoms with Crippen LogP contribution in [0.3, 0.4) is 0 Å². The molecule has 0 bridgehead atoms. The minimum absolute atomic E-state index is 0.0680. The summed E-state index contributed by atoms with van der Waals surface area (Å²) >= 11 is 3.37. The molecule has 0 aliphatic rings. The van der Waals surface area contributed by atoms with Gasteiger partial charge < -0.3 is 4.90 Å². The Morgan fingerprint density at radius 2 is 1.50 bits per heavy atom. The Labute approximate surface area is 150 Å². The number of hydrogen-bond donors (Lipinski definition) is 0. The Hall–Kier alpha value is -2.46. The first-order valence-electron chi connectivity index (χ1n) is 7.64. The molecule has 1 amide bonds. The third-order valence-electron chi connectivity index (χ3n) is 3.89. The zero-order chi connectivity index (χ0) is 16.9. The van der Waals surface area contributed by atoms with Gasteiger partial charge in [0.05, 0.1) is 11.6 Å². The third kappa shape index (κ3) is 3.54. The zero-order valence-electron chi connectivity index (χ0n) is 13.3. The maximum Gasteiger partial charge on any atom is 0.255 e. The number of nitrogens with zero attached hydrogens (tertiary/aromatic N) is 2. The summed E-state index contributed by atoms with van der Waals surface area (Å²) in [6.07, 6.45) is 3.26. The first-order valence-corrected chi connectivity index (χ1v) is 8.43. The predicted molar refractivity (Wildman–Crippen MR) is 98.8 cm³/mol. The fourth-order valence-electron chi connectivity index (χ4n) is 2.76. The van der Waals surface area contributed by atoms with Gasteiger partial charge in [0, 0.05) is 23.9 Å². The van der Waals surface area contributed by atoms with E-state index in [1.54, 1.807) is 23.4 Å². The zero-order valence-corrected chi connectivity index (χ0v) is 14.8. The summed E-state index contributed by atoms with van der Waals surface area (Å²) in [5.74, 6) is -0.0680. The average molecular weight is 381 g/mol. The topological polar surface area (TPSA) is 33.2 Å². The Kier molecular flexibility index (Phi) is 5.06. The van der Waals surface area contributed by atoms with E-state index in [4.69, 9.17) is 0 Å². The van der Waals surface area contributed by atoms with Gasteiger partial charge in [-0.05, 0) is 33.1 Å². The van der Waals surface area contributed by atoms with Crippen LogP contribution in [0.4, 0.5) is 0 Å². The van der Waals surface area contributed by atoms with Crippen molar-refractivity contribution in [2.45, 2.75) is 6.04 Å². The van der Waals surface area contributed by atoms with Gasteiger partial charge in [0.1, 0.15) is 0 Å². The van der Waals surface area contributed by atoms with Gasteiger partial charge in [0.25, 0.3) is 5.91 Å². The molecule has 0 aliphatic carbocycles. The molecule has 0 aliphatic heterocycles. The van der Waals surface area contributed by atoms with Crippen LogP contribution in [0.15, 0.2) is 83.6 Å². The van der Waals surface area contributed by atoms with E-state index in [1.165, 1.54) is 0 Å². The molecule has 3 rings (SSSR count). The van der Waals surface area contributed by atoms with Crippen molar-refractivity contribution in [3.8, 4) is 0 Å². The Bertz CT molecular complexity index is 782. The molecule has 0 N–H and O–H groups in total. The molecular weight excluding hydrogens is 364 g/mol. The van der Waals surface area contributed by atoms with Crippen molar-refractivity contribution in [2.24, 2.45) is 0 Å². The van der Waals surface area contributed by atoms with Crippen LogP contribution in [0.25, 0.3) is 0 Å². The molecule has 3 nitrogen and oxygen atoms in total. The molecule has 0 unspecified atom stereocenters. The maximum absolute atomic E-state index is 13.0. The van der Waals surface area contributed by atoms with Crippen molar-refractivity contribution in [1.82, 2.24) is 9.88 Å². The molecule has 1 aromatic heterocycles. The monoisotopic (exact) mass is 380 g/mol. The van der Waals surface area contributed by atoms with Crippen molar-refractivity contribution < 1.29 is 4.79 Å². The quantitative estimate of drug-likeness (QED) is 0.656. The van der Waals surface area contributed by atoms with Gasteiger partial charge in [-0.15, -0.1) is 0 Å². The molecule has 0 spiro atoms. The van der Waals surface area contributed by atoms with Gasteiger partial charge in [0.15, 0.2) is 0 Å². The fourth-order valence-corrected chi connectivity index (χ4v) is 3.12. The number of benzene rings is 2. The summed E-state index contributed by atoms with van der Waals surface area (Å²) in [5.41, 5.74) is 2.70. The summed E-state index contributed by atoms with van der Waals surface area (Å²) in [6.45, 7) is 0. The lowest BCUT2D eigenvalue weighted by atomic mass is 9.97. The third-order valence-corrected chi connectivity index (χ3v) is 4.32. The van der Waals surface area contributed by atoms with Gasteiger partial charge in [-0.1, -0.05) is 60.7 Å². The second-order valence-electron chi connectivity index (χ2n) is 5.53. The Balaban J connectivity index is 2.01. The predicted octanol–water partition coefficient (Wildman–Crippen LogP) is 4.71. The molecule has 0 saturated carbocycles. The van der Waals surface area contributed by atoms with Gasteiger partial charge in [-0.25, -0.2) is 0 Å². The first-order chi connectivity index (χ1) is 11.7. The van der Waals surface area contributed by atoms with E-state index in [0.29, 0.717) is 5.56 Å². The first kappa shape index (κ1) is 16.4. The van der Waals surface area contributed by atoms with E-state index in [0.717, 1.165) is 15.6 Å². The number of rotatable bonds is 4. The van der Waals surface area contributed by atoms with Gasteiger partial charge in [0.2, 0.25) is 0 Å². The van der Waals surface area contributed by atoms with Crippen molar-refractivity contribution in [2.75, 3.05) is 7.05 Å². The summed E-state index contributed by atoms with van der Waals surface area (Å²) in [6, 6.07) is 21.7. The highest BCUT2D eigenvalue weighted by atomic mass is 79.9. The molecule has 2 aromatic carbocycles. The highest BCUT2D eigenvalue weighted by Gasteiger charge is 2.24. The van der Waals surface area contributed by atoms with Crippen LogP contribution in [0.5, 0.6) is 0 Å². The van der Waals surface area contributed by atoms with Crippen LogP contribution in [0, 0.1) is 0 Å². The van der Waals surface area contributed by atoms with E-state index >= 15 is 0 Å². The summed E-state index contributed by atoms with van der Waals surface area (Å²) < 4.78 is 0.790. The van der Waals surface area contributed by atoms with Gasteiger partial charge in [-0.3, -0.25) is 9.78 Å². The molecule has 1 heterocycles. The molecule has 0 fully saturated rings. The SMILES string of the molecule is CN(C(=O)c1cncc(Br)c1)C(c1ccccc1)c1ccccc1. The second-order valence-corrected chi connectivity index (χ2v) is 6.45. The number of hydrogen-bond acceptors (Lipinski definition) is 2. The lowest BCUT2D eigenvalue weighted by molar-refractivity contribution is 0.0754. The van der Waals surface area contributed by atoms with Crippen LogP contribution in [-0.2, 0) is 0 Å². The summed E-state index contributed by atoms with van der Waals surface area (Å²) in [7, 11) is 1.83. The number of aromatic nitrogens is 1. The van der Waals surface area contributed by atoms with Crippen LogP contribution >= 0.6 is 15.9 Å². The van der Waals surface area contributed by atoms with E-state index < -0.39 is 0 Å². The molecular formula is C20H17BrN2O. The molecule has 0 saturated heterocycles. The Morgan fingerprint density at radius 1 is 0.958 bits per heavy atom. The molecule has 120 valence electrons. The average Bonchev–Trinajstić information content (AvgIpc) is 2.63.